The summed E-state index contributed by atoms with van der Waals surface area (Å²) >= 11 is 0. The van der Waals surface area contributed by atoms with E-state index >= 15 is 0 Å². The number of hydrogen-bond donors (Lipinski definition) is 1. The summed E-state index contributed by atoms with van der Waals surface area (Å²) < 4.78 is 33.8. The largest absolute Gasteiger partial charge is 0.494 e. The molecule has 0 aromatic heterocycles. The molecule has 0 unspecified atom stereocenters. The van der Waals surface area contributed by atoms with Crippen molar-refractivity contribution in [1.82, 2.24) is 5.43 Å². The van der Waals surface area contributed by atoms with E-state index in [1.165, 1.54) is 6.21 Å². The van der Waals surface area contributed by atoms with Gasteiger partial charge in [0, 0.05) is 0 Å². The Labute approximate surface area is 220 Å². The van der Waals surface area contributed by atoms with Crippen molar-refractivity contribution in [3.05, 3.63) is 89.5 Å². The fourth-order valence-electron chi connectivity index (χ4n) is 3.51. The highest BCUT2D eigenvalue weighted by Crippen LogP contribution is 2.26. The summed E-state index contributed by atoms with van der Waals surface area (Å²) in [6.45, 7) is 8.37. The number of amides is 1. The van der Waals surface area contributed by atoms with Crippen molar-refractivity contribution in [3.8, 4) is 5.75 Å². The molecule has 1 amide bonds. The van der Waals surface area contributed by atoms with Crippen LogP contribution >= 0.6 is 0 Å². The van der Waals surface area contributed by atoms with Crippen LogP contribution in [0.4, 0.5) is 5.69 Å². The highest BCUT2D eigenvalue weighted by molar-refractivity contribution is 7.92. The molecule has 0 radical (unpaired) electrons. The van der Waals surface area contributed by atoms with E-state index in [9.17, 15) is 13.2 Å². The lowest BCUT2D eigenvalue weighted by molar-refractivity contribution is -0.119. The van der Waals surface area contributed by atoms with Crippen molar-refractivity contribution < 1.29 is 17.9 Å². The summed E-state index contributed by atoms with van der Waals surface area (Å²) in [6, 6.07) is 21.1. The first-order valence-electron chi connectivity index (χ1n) is 12.4. The average molecular weight is 522 g/mol. The minimum absolute atomic E-state index is 0.114. The lowest BCUT2D eigenvalue weighted by atomic mass is 10.0. The molecule has 0 fully saturated rings. The number of aryl methyl sites for hydroxylation is 1. The molecule has 37 heavy (non-hydrogen) atoms. The second kappa shape index (κ2) is 13.1. The van der Waals surface area contributed by atoms with E-state index < -0.39 is 22.5 Å². The first-order valence-corrected chi connectivity index (χ1v) is 13.9. The zero-order valence-electron chi connectivity index (χ0n) is 21.8. The molecule has 0 heterocycles. The molecule has 0 saturated carbocycles. The molecule has 3 rings (SSSR count). The van der Waals surface area contributed by atoms with Gasteiger partial charge >= 0.3 is 0 Å². The van der Waals surface area contributed by atoms with Gasteiger partial charge in [0.15, 0.2) is 0 Å². The molecule has 0 saturated heterocycles. The molecule has 0 spiro atoms. The van der Waals surface area contributed by atoms with Gasteiger partial charge in [0.25, 0.3) is 15.9 Å². The number of carbonyl (C=O) groups excluding carboxylic acids is 1. The third kappa shape index (κ3) is 7.92. The summed E-state index contributed by atoms with van der Waals surface area (Å²) in [5.74, 6) is 0.514. The molecular weight excluding hydrogens is 486 g/mol. The molecule has 7 nitrogen and oxygen atoms in total. The number of benzene rings is 3. The van der Waals surface area contributed by atoms with E-state index in [-0.39, 0.29) is 4.90 Å². The molecule has 1 N–H and O–H groups in total. The number of rotatable bonds is 12. The molecule has 3 aromatic carbocycles. The highest BCUT2D eigenvalue weighted by atomic mass is 32.2. The third-order valence-corrected chi connectivity index (χ3v) is 7.58. The number of hydrazone groups is 1. The number of unbranched alkanes of at least 4 members (excludes halogenated alkanes) is 1. The molecule has 0 aliphatic carbocycles. The zero-order chi connectivity index (χ0) is 26.8. The van der Waals surface area contributed by atoms with Crippen molar-refractivity contribution in [2.75, 3.05) is 17.5 Å². The number of nitrogens with zero attached hydrogens (tertiary/aromatic N) is 2. The van der Waals surface area contributed by atoms with Gasteiger partial charge in [-0.25, -0.2) is 13.8 Å². The Balaban J connectivity index is 1.74. The van der Waals surface area contributed by atoms with Gasteiger partial charge in [-0.15, -0.1) is 0 Å². The minimum atomic E-state index is -3.98. The zero-order valence-corrected chi connectivity index (χ0v) is 22.7. The first-order chi connectivity index (χ1) is 17.7. The van der Waals surface area contributed by atoms with Gasteiger partial charge in [0.1, 0.15) is 12.3 Å². The van der Waals surface area contributed by atoms with Crippen LogP contribution in [0.2, 0.25) is 0 Å². The van der Waals surface area contributed by atoms with Crippen molar-refractivity contribution in [3.63, 3.8) is 0 Å². The lowest BCUT2D eigenvalue weighted by Crippen LogP contribution is -2.39. The SMILES string of the molecule is CCCCOc1ccc(/C=N\NC(=O)CN(c2ccc(C(C)C)cc2)S(=O)(=O)c2ccc(C)cc2)cc1. The Morgan fingerprint density at radius 1 is 1.00 bits per heavy atom. The van der Waals surface area contributed by atoms with E-state index in [2.05, 4.69) is 31.3 Å². The van der Waals surface area contributed by atoms with Gasteiger partial charge < -0.3 is 4.74 Å². The topological polar surface area (TPSA) is 88.1 Å². The summed E-state index contributed by atoms with van der Waals surface area (Å²) in [6.07, 6.45) is 3.56. The van der Waals surface area contributed by atoms with Gasteiger partial charge in [-0.2, -0.15) is 5.10 Å². The Morgan fingerprint density at radius 2 is 1.65 bits per heavy atom. The maximum atomic E-state index is 13.5. The predicted octanol–water partition coefficient (Wildman–Crippen LogP) is 5.64. The van der Waals surface area contributed by atoms with E-state index in [1.807, 2.05) is 43.3 Å². The predicted molar refractivity (Wildman–Crippen MR) is 149 cm³/mol. The highest BCUT2D eigenvalue weighted by Gasteiger charge is 2.27. The molecule has 196 valence electrons. The van der Waals surface area contributed by atoms with Gasteiger partial charge in [-0.05, 0) is 78.9 Å². The van der Waals surface area contributed by atoms with E-state index in [0.717, 1.165) is 39.6 Å². The fourth-order valence-corrected chi connectivity index (χ4v) is 4.93. The van der Waals surface area contributed by atoms with E-state index in [4.69, 9.17) is 4.74 Å². The Bertz CT molecular complexity index is 1280. The summed E-state index contributed by atoms with van der Waals surface area (Å²) in [5, 5.41) is 4.01. The molecule has 3 aromatic rings. The van der Waals surface area contributed by atoms with Crippen molar-refractivity contribution in [2.45, 2.75) is 51.3 Å². The fraction of sp³-hybridized carbons (Fsp3) is 0.310. The number of sulfonamides is 1. The summed E-state index contributed by atoms with van der Waals surface area (Å²) in [5.41, 5.74) is 5.64. The average Bonchev–Trinajstić information content (AvgIpc) is 2.88. The number of hydrogen-bond acceptors (Lipinski definition) is 5. The Hall–Kier alpha value is -3.65. The number of ether oxygens (including phenoxy) is 1. The van der Waals surface area contributed by atoms with E-state index in [1.54, 1.807) is 36.4 Å². The van der Waals surface area contributed by atoms with Gasteiger partial charge in [0.05, 0.1) is 23.4 Å². The van der Waals surface area contributed by atoms with Crippen molar-refractivity contribution in [2.24, 2.45) is 5.10 Å². The number of carbonyl (C=O) groups is 1. The number of anilines is 1. The maximum Gasteiger partial charge on any atom is 0.264 e. The summed E-state index contributed by atoms with van der Waals surface area (Å²) in [7, 11) is -3.98. The quantitative estimate of drug-likeness (QED) is 0.190. The molecule has 0 aliphatic rings. The Kier molecular flexibility index (Phi) is 9.85. The smallest absolute Gasteiger partial charge is 0.264 e. The van der Waals surface area contributed by atoms with Crippen LogP contribution in [0.3, 0.4) is 0 Å². The molecule has 8 heteroatoms. The van der Waals surface area contributed by atoms with Crippen molar-refractivity contribution in [1.29, 1.82) is 0 Å². The van der Waals surface area contributed by atoms with E-state index in [0.29, 0.717) is 18.2 Å². The maximum absolute atomic E-state index is 13.5. The third-order valence-electron chi connectivity index (χ3n) is 5.79. The van der Waals surface area contributed by atoms with Crippen LogP contribution in [0.5, 0.6) is 5.75 Å². The van der Waals surface area contributed by atoms with Crippen molar-refractivity contribution >= 4 is 27.8 Å². The van der Waals surface area contributed by atoms with Crippen LogP contribution in [0.25, 0.3) is 0 Å². The molecule has 0 aliphatic heterocycles. The molecular formula is C29H35N3O4S. The van der Waals surface area contributed by atoms with Crippen LogP contribution < -0.4 is 14.5 Å². The molecule has 0 bridgehead atoms. The number of nitrogens with one attached hydrogen (secondary N) is 1. The second-order valence-electron chi connectivity index (χ2n) is 9.14. The van der Waals surface area contributed by atoms with Gasteiger partial charge in [-0.3, -0.25) is 9.10 Å². The summed E-state index contributed by atoms with van der Waals surface area (Å²) in [4.78, 5) is 12.9. The van der Waals surface area contributed by atoms with Crippen LogP contribution in [-0.2, 0) is 14.8 Å². The Morgan fingerprint density at radius 3 is 2.24 bits per heavy atom. The van der Waals surface area contributed by atoms with Crippen LogP contribution in [0.1, 0.15) is 56.2 Å². The minimum Gasteiger partial charge on any atom is -0.494 e. The first kappa shape index (κ1) is 27.9. The van der Waals surface area contributed by atoms with Crippen LogP contribution in [0.15, 0.2) is 82.8 Å². The normalized spacial score (nSPS) is 11.6. The van der Waals surface area contributed by atoms with Gasteiger partial charge in [-0.1, -0.05) is 57.0 Å². The monoisotopic (exact) mass is 521 g/mol. The standard InChI is InChI=1S/C29H35N3O4S/c1-5-6-19-36-27-15-9-24(10-16-27)20-30-31-29(33)21-32(26-13-11-25(12-14-26)22(2)3)37(34,35)28-17-7-23(4)8-18-28/h7-18,20,22H,5-6,19,21H2,1-4H3,(H,31,33)/b30-20-. The van der Waals surface area contributed by atoms with Crippen LogP contribution in [-0.4, -0.2) is 33.7 Å². The molecule has 0 atom stereocenters. The van der Waals surface area contributed by atoms with Gasteiger partial charge in [0.2, 0.25) is 0 Å². The second-order valence-corrected chi connectivity index (χ2v) is 11.0. The lowest BCUT2D eigenvalue weighted by Gasteiger charge is -2.24. The van der Waals surface area contributed by atoms with Crippen LogP contribution in [0, 0.1) is 6.92 Å².